The Morgan fingerprint density at radius 3 is 1.60 bits per heavy atom. The molecule has 1 heterocycles. The molecule has 3 aromatic rings. The Hall–Kier alpha value is -2.11. The maximum Gasteiger partial charge on any atom is 0.127 e. The van der Waals surface area contributed by atoms with Gasteiger partial charge < -0.3 is 9.80 Å². The van der Waals surface area contributed by atoms with Crippen molar-refractivity contribution in [2.75, 3.05) is 9.80 Å². The Bertz CT molecular complexity index is 1730. The van der Waals surface area contributed by atoms with Gasteiger partial charge in [0.15, 0.2) is 0 Å². The number of nitrogens with zero attached hydrogens (tertiary/aromatic N) is 2. The molecule has 2 atom stereocenters. The number of allylic oxidation sites excluding steroid dienone is 2. The summed E-state index contributed by atoms with van der Waals surface area (Å²) in [7, 11) is -0.534. The zero-order chi connectivity index (χ0) is 34.4. The molecule has 2 nitrogen and oxygen atoms in total. The van der Waals surface area contributed by atoms with Gasteiger partial charge in [-0.15, -0.1) is 28.9 Å². The van der Waals surface area contributed by atoms with Crippen LogP contribution in [0, 0.1) is 41.5 Å². The number of rotatable bonds is 6. The van der Waals surface area contributed by atoms with Crippen molar-refractivity contribution in [1.29, 1.82) is 0 Å². The SMILES string of the molecule is Cc1cc(C)c(N2C=CN(c3c(C)cc(C)cc3C)C2=C2C(=C=Cc3ccccc3)C(Cl)(P(C3CCCC3)C3CCCC3)CC2Cl)c(C)c1.[Ru]. The molecule has 7 rings (SSSR count). The van der Waals surface area contributed by atoms with Gasteiger partial charge in [0.1, 0.15) is 5.82 Å². The van der Waals surface area contributed by atoms with Crippen molar-refractivity contribution in [3.05, 3.63) is 129 Å². The molecule has 3 aliphatic carbocycles. The van der Waals surface area contributed by atoms with Crippen LogP contribution in [0.4, 0.5) is 11.4 Å². The molecule has 3 saturated carbocycles. The first-order valence-electron chi connectivity index (χ1n) is 18.4. The van der Waals surface area contributed by atoms with Crippen molar-refractivity contribution in [1.82, 2.24) is 0 Å². The Kier molecular flexibility index (Phi) is 11.6. The van der Waals surface area contributed by atoms with Gasteiger partial charge in [0, 0.05) is 43.0 Å². The smallest absolute Gasteiger partial charge is 0.127 e. The van der Waals surface area contributed by atoms with Crippen molar-refractivity contribution in [2.45, 2.75) is 121 Å². The number of halogens is 2. The standard InChI is InChI=1S/C44H51Cl2N2P.Ru/c1-29-24-31(3)41(32(4)25-29)47-22-23-48(42-33(5)26-30(2)27-34(42)6)43(47)40-38(21-20-35-14-8-7-9-15-35)44(46,28-39(40)45)49(36-16-10-11-17-36)37-18-12-13-19-37;/h7-9,14-15,20,22-27,36-37,39H,10-13,16-19,28H2,1-6H3;. The van der Waals surface area contributed by atoms with Crippen molar-refractivity contribution in [3.8, 4) is 0 Å². The van der Waals surface area contributed by atoms with E-state index in [0.29, 0.717) is 11.3 Å². The van der Waals surface area contributed by atoms with Crippen molar-refractivity contribution in [3.63, 3.8) is 0 Å². The molecule has 0 spiro atoms. The predicted octanol–water partition coefficient (Wildman–Crippen LogP) is 13.1. The summed E-state index contributed by atoms with van der Waals surface area (Å²) in [5.74, 6) is 1.10. The molecule has 2 unspecified atom stereocenters. The third-order valence-corrected chi connectivity index (χ3v) is 16.4. The Morgan fingerprint density at radius 2 is 1.16 bits per heavy atom. The van der Waals surface area contributed by atoms with Crippen LogP contribution < -0.4 is 9.80 Å². The summed E-state index contributed by atoms with van der Waals surface area (Å²) in [6, 6.07) is 19.8. The largest absolute Gasteiger partial charge is 0.301 e. The molecule has 50 heavy (non-hydrogen) atoms. The zero-order valence-corrected chi connectivity index (χ0v) is 34.6. The van der Waals surface area contributed by atoms with Gasteiger partial charge in [0.05, 0.1) is 21.4 Å². The van der Waals surface area contributed by atoms with E-state index in [1.807, 2.05) is 0 Å². The van der Waals surface area contributed by atoms with E-state index in [1.54, 1.807) is 0 Å². The number of benzene rings is 3. The van der Waals surface area contributed by atoms with Gasteiger partial charge in [0.25, 0.3) is 0 Å². The molecule has 6 heteroatoms. The van der Waals surface area contributed by atoms with Crippen LogP contribution >= 0.6 is 31.1 Å². The topological polar surface area (TPSA) is 6.48 Å². The number of alkyl halides is 2. The number of anilines is 2. The van der Waals surface area contributed by atoms with Gasteiger partial charge in [-0.2, -0.15) is 0 Å². The molecule has 0 saturated heterocycles. The average Bonchev–Trinajstić information content (AvgIpc) is 3.86. The fourth-order valence-corrected chi connectivity index (χ4v) is 15.7. The van der Waals surface area contributed by atoms with Gasteiger partial charge in [-0.25, -0.2) is 0 Å². The maximum absolute atomic E-state index is 8.38. The Balaban J connectivity index is 0.00000432. The maximum atomic E-state index is 8.38. The van der Waals surface area contributed by atoms with Crippen molar-refractivity contribution in [2.24, 2.45) is 0 Å². The normalized spacial score (nSPS) is 22.7. The van der Waals surface area contributed by atoms with E-state index in [0.717, 1.165) is 29.0 Å². The predicted molar refractivity (Wildman–Crippen MR) is 215 cm³/mol. The minimum absolute atomic E-state index is 0. The first kappa shape index (κ1) is 37.6. The van der Waals surface area contributed by atoms with Crippen LogP contribution in [0.3, 0.4) is 0 Å². The van der Waals surface area contributed by atoms with Gasteiger partial charge in [0.2, 0.25) is 0 Å². The summed E-state index contributed by atoms with van der Waals surface area (Å²) in [4.78, 5) is 4.82. The molecule has 0 amide bonds. The van der Waals surface area contributed by atoms with E-state index in [2.05, 4.69) is 130 Å². The monoisotopic (exact) mass is 810 g/mol. The van der Waals surface area contributed by atoms with Crippen LogP contribution in [-0.4, -0.2) is 21.3 Å². The van der Waals surface area contributed by atoms with E-state index >= 15 is 0 Å². The first-order chi connectivity index (χ1) is 23.6. The van der Waals surface area contributed by atoms with Crippen LogP contribution in [0.5, 0.6) is 0 Å². The van der Waals surface area contributed by atoms with Gasteiger partial charge in [-0.05, 0) is 119 Å². The minimum Gasteiger partial charge on any atom is -0.301 e. The number of hydrogen-bond acceptors (Lipinski definition) is 2. The molecule has 0 radical (unpaired) electrons. The van der Waals surface area contributed by atoms with Crippen LogP contribution in [-0.2, 0) is 19.5 Å². The third-order valence-electron chi connectivity index (χ3n) is 11.3. The van der Waals surface area contributed by atoms with Gasteiger partial charge in [-0.1, -0.05) is 99.3 Å². The van der Waals surface area contributed by atoms with E-state index < -0.39 is 12.5 Å². The summed E-state index contributed by atoms with van der Waals surface area (Å²) in [5, 5.41) is -0.242. The Labute approximate surface area is 325 Å². The summed E-state index contributed by atoms with van der Waals surface area (Å²) in [5.41, 5.74) is 18.7. The summed E-state index contributed by atoms with van der Waals surface area (Å²) < 4.78 is -0.534. The number of hydrogen-bond donors (Lipinski definition) is 0. The van der Waals surface area contributed by atoms with Crippen molar-refractivity contribution >= 4 is 48.6 Å². The third kappa shape index (κ3) is 7.01. The van der Waals surface area contributed by atoms with E-state index in [1.165, 1.54) is 96.1 Å². The van der Waals surface area contributed by atoms with Crippen LogP contribution in [0.2, 0.25) is 0 Å². The molecule has 3 aromatic carbocycles. The van der Waals surface area contributed by atoms with Crippen LogP contribution in [0.15, 0.2) is 89.7 Å². The van der Waals surface area contributed by atoms with E-state index in [4.69, 9.17) is 23.2 Å². The van der Waals surface area contributed by atoms with Gasteiger partial charge in [-0.3, -0.25) is 0 Å². The second kappa shape index (κ2) is 15.5. The summed E-state index contributed by atoms with van der Waals surface area (Å²) >= 11 is 16.2. The van der Waals surface area contributed by atoms with E-state index in [9.17, 15) is 0 Å². The molecule has 264 valence electrons. The molecule has 3 fully saturated rings. The van der Waals surface area contributed by atoms with Crippen LogP contribution in [0.25, 0.3) is 6.08 Å². The average molecular weight is 811 g/mol. The summed E-state index contributed by atoms with van der Waals surface area (Å²) in [6.45, 7) is 13.3. The van der Waals surface area contributed by atoms with Crippen molar-refractivity contribution < 1.29 is 19.5 Å². The first-order valence-corrected chi connectivity index (χ1v) is 20.7. The van der Waals surface area contributed by atoms with E-state index in [-0.39, 0.29) is 24.9 Å². The second-order valence-electron chi connectivity index (χ2n) is 15.1. The Morgan fingerprint density at radius 1 is 0.720 bits per heavy atom. The molecule has 1 aliphatic heterocycles. The fourth-order valence-electron chi connectivity index (χ4n) is 9.54. The molecule has 4 aliphatic rings. The quantitative estimate of drug-likeness (QED) is 0.106. The van der Waals surface area contributed by atoms with Gasteiger partial charge >= 0.3 is 0 Å². The molecular weight excluding hydrogens is 759 g/mol. The second-order valence-corrected chi connectivity index (χ2v) is 19.5. The molecular formula is C44H51Cl2N2PRu. The fraction of sp³-hybridized carbons (Fsp3) is 0.432. The molecule has 0 aromatic heterocycles. The zero-order valence-electron chi connectivity index (χ0n) is 30.5. The minimum atomic E-state index is -0.534. The van der Waals surface area contributed by atoms with Crippen LogP contribution in [0.1, 0.15) is 96.7 Å². The number of aryl methyl sites for hydroxylation is 6. The molecule has 0 N–H and O–H groups in total. The summed E-state index contributed by atoms with van der Waals surface area (Å²) in [6.07, 6.45) is 17.9. The molecule has 0 bridgehead atoms.